The van der Waals surface area contributed by atoms with Crippen molar-refractivity contribution in [3.05, 3.63) is 35.9 Å². The minimum Gasteiger partial charge on any atom is -0.325 e. The molecule has 2 atom stereocenters. The summed E-state index contributed by atoms with van der Waals surface area (Å²) >= 11 is 0. The predicted octanol–water partition coefficient (Wildman–Crippen LogP) is 2.70. The maximum Gasteiger partial charge on any atom is 0.245 e. The molecule has 1 aromatic carbocycles. The highest BCUT2D eigenvalue weighted by Gasteiger charge is 2.41. The lowest BCUT2D eigenvalue weighted by Gasteiger charge is -2.25. The Hall–Kier alpha value is -1.35. The topological polar surface area (TPSA) is 32.3 Å². The molecule has 0 spiro atoms. The fourth-order valence-corrected chi connectivity index (χ4v) is 3.40. The molecule has 0 aromatic heterocycles. The standard InChI is InChI=1S/C16H22N2O/c1-16(2)9-8-13(10-16)18-11-17-14(15(18)19)12-6-4-3-5-7-12/h3-7,13-14,17H,8-11H2,1-2H3. The van der Waals surface area contributed by atoms with Crippen molar-refractivity contribution >= 4 is 5.91 Å². The van der Waals surface area contributed by atoms with Crippen molar-refractivity contribution < 1.29 is 4.79 Å². The first-order valence-electron chi connectivity index (χ1n) is 7.16. The number of carbonyl (C=O) groups is 1. The normalized spacial score (nSPS) is 30.0. The van der Waals surface area contributed by atoms with E-state index >= 15 is 0 Å². The predicted molar refractivity (Wildman–Crippen MR) is 75.5 cm³/mol. The van der Waals surface area contributed by atoms with Crippen molar-refractivity contribution in [2.24, 2.45) is 5.41 Å². The van der Waals surface area contributed by atoms with Gasteiger partial charge in [0.2, 0.25) is 5.91 Å². The van der Waals surface area contributed by atoms with Crippen LogP contribution < -0.4 is 5.32 Å². The lowest BCUT2D eigenvalue weighted by atomic mass is 9.91. The molecule has 3 heteroatoms. The van der Waals surface area contributed by atoms with Gasteiger partial charge in [-0.3, -0.25) is 10.1 Å². The van der Waals surface area contributed by atoms with Crippen LogP contribution in [0, 0.1) is 5.41 Å². The van der Waals surface area contributed by atoms with E-state index in [1.54, 1.807) is 0 Å². The molecular weight excluding hydrogens is 236 g/mol. The number of rotatable bonds is 2. The zero-order valence-electron chi connectivity index (χ0n) is 11.7. The summed E-state index contributed by atoms with van der Waals surface area (Å²) in [5.41, 5.74) is 1.46. The van der Waals surface area contributed by atoms with Crippen LogP contribution in [0.3, 0.4) is 0 Å². The fraction of sp³-hybridized carbons (Fsp3) is 0.562. The van der Waals surface area contributed by atoms with Crippen LogP contribution >= 0.6 is 0 Å². The van der Waals surface area contributed by atoms with Crippen LogP contribution in [0.2, 0.25) is 0 Å². The van der Waals surface area contributed by atoms with Crippen LogP contribution in [0.5, 0.6) is 0 Å². The van der Waals surface area contributed by atoms with Gasteiger partial charge in [-0.1, -0.05) is 44.2 Å². The lowest BCUT2D eigenvalue weighted by Crippen LogP contribution is -2.36. The molecule has 1 heterocycles. The molecule has 1 saturated heterocycles. The van der Waals surface area contributed by atoms with E-state index in [9.17, 15) is 4.79 Å². The van der Waals surface area contributed by atoms with Crippen molar-refractivity contribution in [2.45, 2.75) is 45.2 Å². The van der Waals surface area contributed by atoms with Gasteiger partial charge < -0.3 is 4.90 Å². The second-order valence-electron chi connectivity index (χ2n) is 6.57. The number of carbonyl (C=O) groups excluding carboxylic acids is 1. The number of hydrogen-bond donors (Lipinski definition) is 1. The summed E-state index contributed by atoms with van der Waals surface area (Å²) in [6.45, 7) is 5.30. The Morgan fingerprint density at radius 3 is 2.63 bits per heavy atom. The quantitative estimate of drug-likeness (QED) is 0.884. The molecule has 0 radical (unpaired) electrons. The first kappa shape index (κ1) is 12.7. The largest absolute Gasteiger partial charge is 0.325 e. The second kappa shape index (κ2) is 4.64. The number of amides is 1. The lowest BCUT2D eigenvalue weighted by molar-refractivity contribution is -0.130. The number of benzene rings is 1. The van der Waals surface area contributed by atoms with Gasteiger partial charge in [-0.2, -0.15) is 0 Å². The molecule has 1 N–H and O–H groups in total. The highest BCUT2D eigenvalue weighted by Crippen LogP contribution is 2.40. The summed E-state index contributed by atoms with van der Waals surface area (Å²) in [5, 5.41) is 3.35. The van der Waals surface area contributed by atoms with Gasteiger partial charge in [-0.15, -0.1) is 0 Å². The molecule has 2 fully saturated rings. The Balaban J connectivity index is 1.73. The van der Waals surface area contributed by atoms with Gasteiger partial charge in [0.05, 0.1) is 6.67 Å². The number of hydrogen-bond acceptors (Lipinski definition) is 2. The highest BCUT2D eigenvalue weighted by atomic mass is 16.2. The molecule has 3 nitrogen and oxygen atoms in total. The van der Waals surface area contributed by atoms with E-state index in [1.807, 2.05) is 35.2 Å². The van der Waals surface area contributed by atoms with Crippen LogP contribution in [0.25, 0.3) is 0 Å². The van der Waals surface area contributed by atoms with Crippen LogP contribution in [-0.4, -0.2) is 23.5 Å². The molecule has 3 rings (SSSR count). The van der Waals surface area contributed by atoms with E-state index in [-0.39, 0.29) is 11.9 Å². The third-order valence-electron chi connectivity index (χ3n) is 4.51. The Morgan fingerprint density at radius 2 is 2.00 bits per heavy atom. The van der Waals surface area contributed by atoms with Crippen molar-refractivity contribution in [2.75, 3.05) is 6.67 Å². The average molecular weight is 258 g/mol. The smallest absolute Gasteiger partial charge is 0.245 e. The molecule has 19 heavy (non-hydrogen) atoms. The Kier molecular flexibility index (Phi) is 3.09. The van der Waals surface area contributed by atoms with Crippen molar-refractivity contribution in [3.63, 3.8) is 0 Å². The minimum absolute atomic E-state index is 0.148. The molecule has 0 bridgehead atoms. The molecule has 2 unspecified atom stereocenters. The Labute approximate surface area is 115 Å². The van der Waals surface area contributed by atoms with E-state index < -0.39 is 0 Å². The summed E-state index contributed by atoms with van der Waals surface area (Å²) in [6.07, 6.45) is 3.49. The van der Waals surface area contributed by atoms with Crippen molar-refractivity contribution in [1.82, 2.24) is 10.2 Å². The van der Waals surface area contributed by atoms with Crippen molar-refractivity contribution in [1.29, 1.82) is 0 Å². The van der Waals surface area contributed by atoms with Crippen LogP contribution in [-0.2, 0) is 4.79 Å². The third-order valence-corrected chi connectivity index (χ3v) is 4.51. The zero-order chi connectivity index (χ0) is 13.5. The molecule has 2 aliphatic rings. The van der Waals surface area contributed by atoms with Gasteiger partial charge in [0.15, 0.2) is 0 Å². The molecular formula is C16H22N2O. The molecule has 1 aliphatic heterocycles. The average Bonchev–Trinajstić information content (AvgIpc) is 2.93. The van der Waals surface area contributed by atoms with Gasteiger partial charge in [0.1, 0.15) is 6.04 Å². The Bertz CT molecular complexity index is 469. The van der Waals surface area contributed by atoms with Gasteiger partial charge in [-0.05, 0) is 30.2 Å². The molecule has 1 amide bonds. The zero-order valence-corrected chi connectivity index (χ0v) is 11.7. The maximum absolute atomic E-state index is 12.6. The van der Waals surface area contributed by atoms with Crippen LogP contribution in [0.15, 0.2) is 30.3 Å². The number of nitrogens with one attached hydrogen (secondary N) is 1. The molecule has 1 aromatic rings. The molecule has 1 aliphatic carbocycles. The second-order valence-corrected chi connectivity index (χ2v) is 6.57. The first-order chi connectivity index (χ1) is 9.07. The first-order valence-corrected chi connectivity index (χ1v) is 7.16. The SMILES string of the molecule is CC1(C)CCC(N2CNC(c3ccccc3)C2=O)C1. The highest BCUT2D eigenvalue weighted by molar-refractivity contribution is 5.85. The molecule has 1 saturated carbocycles. The summed E-state index contributed by atoms with van der Waals surface area (Å²) in [7, 11) is 0. The van der Waals surface area contributed by atoms with Gasteiger partial charge in [0, 0.05) is 6.04 Å². The van der Waals surface area contributed by atoms with E-state index in [0.717, 1.165) is 18.4 Å². The van der Waals surface area contributed by atoms with Crippen LogP contribution in [0.1, 0.15) is 44.7 Å². The van der Waals surface area contributed by atoms with Gasteiger partial charge >= 0.3 is 0 Å². The molecule has 102 valence electrons. The maximum atomic E-state index is 12.6. The van der Waals surface area contributed by atoms with E-state index in [0.29, 0.717) is 18.1 Å². The summed E-state index contributed by atoms with van der Waals surface area (Å²) in [6, 6.07) is 10.3. The summed E-state index contributed by atoms with van der Waals surface area (Å²) in [4.78, 5) is 14.6. The Morgan fingerprint density at radius 1 is 1.26 bits per heavy atom. The van der Waals surface area contributed by atoms with Gasteiger partial charge in [-0.25, -0.2) is 0 Å². The number of nitrogens with zero attached hydrogens (tertiary/aromatic N) is 1. The van der Waals surface area contributed by atoms with Crippen molar-refractivity contribution in [3.8, 4) is 0 Å². The fourth-order valence-electron chi connectivity index (χ4n) is 3.40. The summed E-state index contributed by atoms with van der Waals surface area (Å²) in [5.74, 6) is 0.244. The third kappa shape index (κ3) is 2.39. The summed E-state index contributed by atoms with van der Waals surface area (Å²) < 4.78 is 0. The van der Waals surface area contributed by atoms with Gasteiger partial charge in [0.25, 0.3) is 0 Å². The minimum atomic E-state index is -0.148. The van der Waals surface area contributed by atoms with Crippen LogP contribution in [0.4, 0.5) is 0 Å². The monoisotopic (exact) mass is 258 g/mol. The van der Waals surface area contributed by atoms with E-state index in [4.69, 9.17) is 0 Å². The van der Waals surface area contributed by atoms with E-state index in [2.05, 4.69) is 19.2 Å². The van der Waals surface area contributed by atoms with E-state index in [1.165, 1.54) is 6.42 Å².